The highest BCUT2D eigenvalue weighted by Crippen LogP contribution is 2.33. The first-order valence-corrected chi connectivity index (χ1v) is 10.4. The Kier molecular flexibility index (Phi) is 4.94. The molecule has 4 N–H and O–H groups in total. The number of nitrogen functional groups attached to an aromatic ring is 1. The van der Waals surface area contributed by atoms with Gasteiger partial charge in [-0.05, 0) is 64.2 Å². The molecule has 1 aromatic carbocycles. The molecule has 1 fully saturated rings. The molecule has 0 saturated carbocycles. The van der Waals surface area contributed by atoms with Crippen LogP contribution in [0.5, 0.6) is 0 Å². The summed E-state index contributed by atoms with van der Waals surface area (Å²) < 4.78 is 1.73. The van der Waals surface area contributed by atoms with E-state index in [4.69, 9.17) is 5.73 Å². The van der Waals surface area contributed by atoms with E-state index in [2.05, 4.69) is 20.0 Å². The summed E-state index contributed by atoms with van der Waals surface area (Å²) in [6.07, 6.45) is 3.54. The lowest BCUT2D eigenvalue weighted by atomic mass is 9.83. The Morgan fingerprint density at radius 2 is 1.77 bits per heavy atom. The summed E-state index contributed by atoms with van der Waals surface area (Å²) >= 11 is 0. The Bertz CT molecular complexity index is 1060. The van der Waals surface area contributed by atoms with E-state index in [0.29, 0.717) is 5.65 Å². The van der Waals surface area contributed by atoms with Crippen LogP contribution in [0.1, 0.15) is 46.1 Å². The van der Waals surface area contributed by atoms with E-state index >= 15 is 0 Å². The Hall–Kier alpha value is -2.71. The zero-order valence-electron chi connectivity index (χ0n) is 18.0. The summed E-state index contributed by atoms with van der Waals surface area (Å²) in [4.78, 5) is 11.2. The number of aliphatic hydroxyl groups is 2. The third-order valence-corrected chi connectivity index (χ3v) is 6.02. The fourth-order valence-corrected chi connectivity index (χ4v) is 4.16. The summed E-state index contributed by atoms with van der Waals surface area (Å²) in [6, 6.07) is 7.60. The standard InChI is InChI=1S/C22H30N6O2/c1-21(2,29)14-8-10-27(11-9-14)18-17-13-24-28(19(17)26-20(23)25-18)16-7-5-6-15(12-16)22(3,4)30/h5-7,12-14,29-30H,8-11H2,1-4H3,(H2,23,25,26). The van der Waals surface area contributed by atoms with Crippen LogP contribution in [0.15, 0.2) is 30.5 Å². The van der Waals surface area contributed by atoms with Crippen LogP contribution in [-0.2, 0) is 5.60 Å². The Morgan fingerprint density at radius 3 is 2.40 bits per heavy atom. The maximum Gasteiger partial charge on any atom is 0.224 e. The van der Waals surface area contributed by atoms with Crippen molar-refractivity contribution in [1.82, 2.24) is 19.7 Å². The van der Waals surface area contributed by atoms with Crippen molar-refractivity contribution < 1.29 is 10.2 Å². The second-order valence-electron chi connectivity index (χ2n) is 9.22. The highest BCUT2D eigenvalue weighted by molar-refractivity contribution is 5.89. The predicted molar refractivity (Wildman–Crippen MR) is 118 cm³/mol. The molecule has 0 radical (unpaired) electrons. The minimum absolute atomic E-state index is 0.197. The molecule has 0 amide bonds. The molecule has 1 saturated heterocycles. The fourth-order valence-electron chi connectivity index (χ4n) is 4.16. The SMILES string of the molecule is CC(C)(O)c1cccc(-n2ncc3c(N4CCC(C(C)(C)O)CC4)nc(N)nc32)c1. The van der Waals surface area contributed by atoms with E-state index in [9.17, 15) is 10.2 Å². The Balaban J connectivity index is 1.71. The first-order valence-electron chi connectivity index (χ1n) is 10.4. The summed E-state index contributed by atoms with van der Waals surface area (Å²) in [5.41, 5.74) is 6.66. The number of rotatable bonds is 4. The van der Waals surface area contributed by atoms with Crippen molar-refractivity contribution in [3.05, 3.63) is 36.0 Å². The summed E-state index contributed by atoms with van der Waals surface area (Å²) in [5.74, 6) is 1.23. The van der Waals surface area contributed by atoms with Gasteiger partial charge in [-0.1, -0.05) is 12.1 Å². The van der Waals surface area contributed by atoms with Crippen LogP contribution in [0, 0.1) is 5.92 Å². The van der Waals surface area contributed by atoms with Gasteiger partial charge in [-0.15, -0.1) is 0 Å². The topological polar surface area (TPSA) is 113 Å². The van der Waals surface area contributed by atoms with Crippen molar-refractivity contribution in [2.75, 3.05) is 23.7 Å². The van der Waals surface area contributed by atoms with E-state index in [0.717, 1.165) is 48.4 Å². The number of nitrogens with zero attached hydrogens (tertiary/aromatic N) is 5. The highest BCUT2D eigenvalue weighted by atomic mass is 16.3. The summed E-state index contributed by atoms with van der Waals surface area (Å²) in [7, 11) is 0. The van der Waals surface area contributed by atoms with Gasteiger partial charge in [0.15, 0.2) is 5.65 Å². The molecule has 0 spiro atoms. The molecule has 4 rings (SSSR count). The van der Waals surface area contributed by atoms with Gasteiger partial charge in [-0.25, -0.2) is 4.68 Å². The largest absolute Gasteiger partial charge is 0.390 e. The first kappa shape index (κ1) is 20.6. The van der Waals surface area contributed by atoms with Gasteiger partial charge in [0.05, 0.1) is 28.5 Å². The molecule has 30 heavy (non-hydrogen) atoms. The third kappa shape index (κ3) is 3.85. The molecular weight excluding hydrogens is 380 g/mol. The maximum atomic E-state index is 10.4. The van der Waals surface area contributed by atoms with E-state index < -0.39 is 11.2 Å². The number of hydrogen-bond donors (Lipinski definition) is 3. The molecule has 160 valence electrons. The molecule has 0 aliphatic carbocycles. The minimum atomic E-state index is -0.955. The predicted octanol–water partition coefficient (Wildman–Crippen LogP) is 2.61. The number of anilines is 2. The lowest BCUT2D eigenvalue weighted by Crippen LogP contribution is -2.42. The van der Waals surface area contributed by atoms with Crippen molar-refractivity contribution in [3.8, 4) is 5.69 Å². The van der Waals surface area contributed by atoms with Gasteiger partial charge in [0.2, 0.25) is 5.95 Å². The van der Waals surface area contributed by atoms with Crippen molar-refractivity contribution in [3.63, 3.8) is 0 Å². The van der Waals surface area contributed by atoms with E-state index in [1.165, 1.54) is 0 Å². The number of fused-ring (bicyclic) bond motifs is 1. The molecule has 3 heterocycles. The normalized spacial score (nSPS) is 16.4. The molecule has 8 heteroatoms. The van der Waals surface area contributed by atoms with Gasteiger partial charge in [-0.2, -0.15) is 15.1 Å². The van der Waals surface area contributed by atoms with Crippen molar-refractivity contribution in [2.45, 2.75) is 51.7 Å². The van der Waals surface area contributed by atoms with Crippen LogP contribution in [0.25, 0.3) is 16.7 Å². The number of aromatic nitrogens is 4. The lowest BCUT2D eigenvalue weighted by molar-refractivity contribution is 0.00648. The van der Waals surface area contributed by atoms with Crippen LogP contribution < -0.4 is 10.6 Å². The second kappa shape index (κ2) is 7.21. The fraction of sp³-hybridized carbons (Fsp3) is 0.500. The molecule has 1 aliphatic heterocycles. The molecular formula is C22H30N6O2. The average Bonchev–Trinajstić information content (AvgIpc) is 3.10. The monoisotopic (exact) mass is 410 g/mol. The minimum Gasteiger partial charge on any atom is -0.390 e. The van der Waals surface area contributed by atoms with Crippen LogP contribution in [0.4, 0.5) is 11.8 Å². The number of benzene rings is 1. The lowest BCUT2D eigenvalue weighted by Gasteiger charge is -2.38. The molecule has 1 aliphatic rings. The number of nitrogens with two attached hydrogens (primary N) is 1. The summed E-state index contributed by atoms with van der Waals surface area (Å²) in [5, 5.41) is 26.1. The van der Waals surface area contributed by atoms with Crippen molar-refractivity contribution >= 4 is 22.8 Å². The molecule has 0 bridgehead atoms. The second-order valence-corrected chi connectivity index (χ2v) is 9.22. The molecule has 3 aromatic rings. The highest BCUT2D eigenvalue weighted by Gasteiger charge is 2.32. The quantitative estimate of drug-likeness (QED) is 0.606. The van der Waals surface area contributed by atoms with Crippen molar-refractivity contribution in [1.29, 1.82) is 0 Å². The van der Waals surface area contributed by atoms with Crippen LogP contribution in [0.2, 0.25) is 0 Å². The van der Waals surface area contributed by atoms with E-state index in [1.54, 1.807) is 24.7 Å². The Morgan fingerprint density at radius 1 is 1.07 bits per heavy atom. The molecule has 0 atom stereocenters. The zero-order valence-corrected chi connectivity index (χ0v) is 18.0. The van der Waals surface area contributed by atoms with Crippen LogP contribution in [0.3, 0.4) is 0 Å². The van der Waals surface area contributed by atoms with Gasteiger partial charge in [0.1, 0.15) is 5.82 Å². The van der Waals surface area contributed by atoms with Gasteiger partial charge < -0.3 is 20.8 Å². The van der Waals surface area contributed by atoms with Gasteiger partial charge in [0, 0.05) is 13.1 Å². The smallest absolute Gasteiger partial charge is 0.224 e. The zero-order chi connectivity index (χ0) is 21.7. The molecule has 8 nitrogen and oxygen atoms in total. The van der Waals surface area contributed by atoms with Crippen LogP contribution in [-0.4, -0.2) is 48.7 Å². The van der Waals surface area contributed by atoms with Gasteiger partial charge in [-0.3, -0.25) is 0 Å². The molecule has 0 unspecified atom stereocenters. The van der Waals surface area contributed by atoms with Crippen molar-refractivity contribution in [2.24, 2.45) is 5.92 Å². The Labute approximate surface area is 176 Å². The third-order valence-electron chi connectivity index (χ3n) is 6.02. The first-order chi connectivity index (χ1) is 14.0. The average molecular weight is 411 g/mol. The van der Waals surface area contributed by atoms with E-state index in [1.807, 2.05) is 38.1 Å². The van der Waals surface area contributed by atoms with Gasteiger partial charge >= 0.3 is 0 Å². The van der Waals surface area contributed by atoms with Crippen LogP contribution >= 0.6 is 0 Å². The summed E-state index contributed by atoms with van der Waals surface area (Å²) in [6.45, 7) is 8.84. The van der Waals surface area contributed by atoms with Gasteiger partial charge in [0.25, 0.3) is 0 Å². The molecule has 2 aromatic heterocycles. The number of piperidine rings is 1. The number of hydrogen-bond acceptors (Lipinski definition) is 7. The maximum absolute atomic E-state index is 10.4. The van der Waals surface area contributed by atoms with E-state index in [-0.39, 0.29) is 11.9 Å².